The maximum absolute atomic E-state index is 5.01. The Morgan fingerprint density at radius 1 is 1.18 bits per heavy atom. The number of ether oxygens (including phenoxy) is 2. The highest BCUT2D eigenvalue weighted by Crippen LogP contribution is 1.86. The first-order valence-electron chi connectivity index (χ1n) is 4.06. The number of methoxy groups -OCH3 is 2. The van der Waals surface area contributed by atoms with Crippen molar-refractivity contribution in [1.82, 2.24) is 5.32 Å². The second kappa shape index (κ2) is 7.98. The molecule has 68 valence electrons. The molecule has 0 aliphatic rings. The van der Waals surface area contributed by atoms with E-state index >= 15 is 0 Å². The fraction of sp³-hybridized carbons (Fsp3) is 1.00. The Morgan fingerprint density at radius 3 is 2.09 bits per heavy atom. The summed E-state index contributed by atoms with van der Waals surface area (Å²) >= 11 is 0. The molecule has 0 aromatic heterocycles. The molecule has 11 heavy (non-hydrogen) atoms. The SMILES string of the molecule is CCCNC(COC)COC. The standard InChI is InChI=1S/C8H19NO2/c1-4-5-9-8(6-10-2)7-11-3/h8-9H,4-7H2,1-3H3. The molecule has 0 aliphatic heterocycles. The molecule has 0 spiro atoms. The van der Waals surface area contributed by atoms with Crippen molar-refractivity contribution < 1.29 is 9.47 Å². The normalized spacial score (nSPS) is 10.9. The van der Waals surface area contributed by atoms with Gasteiger partial charge in [0.1, 0.15) is 0 Å². The average molecular weight is 161 g/mol. The van der Waals surface area contributed by atoms with Gasteiger partial charge in [0, 0.05) is 14.2 Å². The van der Waals surface area contributed by atoms with Gasteiger partial charge in [0.25, 0.3) is 0 Å². The minimum absolute atomic E-state index is 0.338. The lowest BCUT2D eigenvalue weighted by molar-refractivity contribution is 0.103. The van der Waals surface area contributed by atoms with Crippen LogP contribution < -0.4 is 5.32 Å². The molecule has 0 aromatic rings. The van der Waals surface area contributed by atoms with Gasteiger partial charge >= 0.3 is 0 Å². The van der Waals surface area contributed by atoms with Gasteiger partial charge in [0.2, 0.25) is 0 Å². The average Bonchev–Trinajstić information content (AvgIpc) is 2.01. The van der Waals surface area contributed by atoms with Crippen LogP contribution in [-0.2, 0) is 9.47 Å². The van der Waals surface area contributed by atoms with E-state index in [9.17, 15) is 0 Å². The molecule has 0 saturated heterocycles. The number of hydrogen-bond donors (Lipinski definition) is 1. The van der Waals surface area contributed by atoms with Crippen molar-refractivity contribution in [1.29, 1.82) is 0 Å². The van der Waals surface area contributed by atoms with Crippen molar-refractivity contribution in [3.05, 3.63) is 0 Å². The van der Waals surface area contributed by atoms with Crippen LogP contribution in [0.2, 0.25) is 0 Å². The predicted molar refractivity (Wildman–Crippen MR) is 45.8 cm³/mol. The molecular weight excluding hydrogens is 142 g/mol. The summed E-state index contributed by atoms with van der Waals surface area (Å²) < 4.78 is 10.0. The Hall–Kier alpha value is -0.120. The maximum Gasteiger partial charge on any atom is 0.0638 e. The molecule has 0 rings (SSSR count). The molecule has 0 heterocycles. The van der Waals surface area contributed by atoms with E-state index in [2.05, 4.69) is 12.2 Å². The Kier molecular flexibility index (Phi) is 7.89. The first kappa shape index (κ1) is 10.9. The van der Waals surface area contributed by atoms with E-state index in [0.717, 1.165) is 13.0 Å². The second-order valence-corrected chi connectivity index (χ2v) is 2.56. The number of hydrogen-bond acceptors (Lipinski definition) is 3. The fourth-order valence-electron chi connectivity index (χ4n) is 0.917. The van der Waals surface area contributed by atoms with E-state index in [1.165, 1.54) is 0 Å². The molecular formula is C8H19NO2. The molecule has 0 fully saturated rings. The van der Waals surface area contributed by atoms with Crippen LogP contribution in [0, 0.1) is 0 Å². The highest BCUT2D eigenvalue weighted by Gasteiger charge is 2.04. The third-order valence-corrected chi connectivity index (χ3v) is 1.42. The third-order valence-electron chi connectivity index (χ3n) is 1.42. The zero-order valence-electron chi connectivity index (χ0n) is 7.72. The lowest BCUT2D eigenvalue weighted by Crippen LogP contribution is -2.37. The summed E-state index contributed by atoms with van der Waals surface area (Å²) in [5.41, 5.74) is 0. The van der Waals surface area contributed by atoms with Crippen LogP contribution >= 0.6 is 0 Å². The van der Waals surface area contributed by atoms with Crippen LogP contribution in [0.25, 0.3) is 0 Å². The van der Waals surface area contributed by atoms with E-state index in [1.807, 2.05) is 0 Å². The largest absolute Gasteiger partial charge is 0.383 e. The van der Waals surface area contributed by atoms with Crippen LogP contribution in [0.1, 0.15) is 13.3 Å². The summed E-state index contributed by atoms with van der Waals surface area (Å²) in [4.78, 5) is 0. The zero-order valence-corrected chi connectivity index (χ0v) is 7.72. The van der Waals surface area contributed by atoms with E-state index < -0.39 is 0 Å². The minimum atomic E-state index is 0.338. The Labute approximate surface area is 69.1 Å². The molecule has 0 aliphatic carbocycles. The van der Waals surface area contributed by atoms with Crippen molar-refractivity contribution in [2.24, 2.45) is 0 Å². The molecule has 0 unspecified atom stereocenters. The molecule has 0 radical (unpaired) electrons. The Balaban J connectivity index is 3.34. The highest BCUT2D eigenvalue weighted by atomic mass is 16.5. The Morgan fingerprint density at radius 2 is 1.73 bits per heavy atom. The van der Waals surface area contributed by atoms with Crippen molar-refractivity contribution in [3.63, 3.8) is 0 Å². The van der Waals surface area contributed by atoms with E-state index in [0.29, 0.717) is 19.3 Å². The third kappa shape index (κ3) is 6.28. The van der Waals surface area contributed by atoms with Gasteiger partial charge < -0.3 is 14.8 Å². The first-order chi connectivity index (χ1) is 5.35. The van der Waals surface area contributed by atoms with Gasteiger partial charge in [0.15, 0.2) is 0 Å². The summed E-state index contributed by atoms with van der Waals surface area (Å²) in [5.74, 6) is 0. The van der Waals surface area contributed by atoms with E-state index in [1.54, 1.807) is 14.2 Å². The highest BCUT2D eigenvalue weighted by molar-refractivity contribution is 4.63. The lowest BCUT2D eigenvalue weighted by atomic mass is 10.3. The maximum atomic E-state index is 5.01. The topological polar surface area (TPSA) is 30.5 Å². The molecule has 0 saturated carbocycles. The monoisotopic (exact) mass is 161 g/mol. The Bertz CT molecular complexity index is 72.5. The zero-order chi connectivity index (χ0) is 8.53. The van der Waals surface area contributed by atoms with Crippen LogP contribution in [0.4, 0.5) is 0 Å². The molecule has 3 heteroatoms. The smallest absolute Gasteiger partial charge is 0.0638 e. The lowest BCUT2D eigenvalue weighted by Gasteiger charge is -2.15. The quantitative estimate of drug-likeness (QED) is 0.594. The molecule has 0 aromatic carbocycles. The summed E-state index contributed by atoms with van der Waals surface area (Å²) in [7, 11) is 3.41. The van der Waals surface area contributed by atoms with Gasteiger partial charge in [-0.15, -0.1) is 0 Å². The van der Waals surface area contributed by atoms with Crippen LogP contribution in [0.15, 0.2) is 0 Å². The molecule has 0 atom stereocenters. The second-order valence-electron chi connectivity index (χ2n) is 2.56. The number of nitrogens with one attached hydrogen (secondary N) is 1. The summed E-state index contributed by atoms with van der Waals surface area (Å²) in [5, 5.41) is 3.32. The number of rotatable bonds is 7. The van der Waals surface area contributed by atoms with Crippen LogP contribution in [-0.4, -0.2) is 40.0 Å². The van der Waals surface area contributed by atoms with E-state index in [4.69, 9.17) is 9.47 Å². The predicted octanol–water partition coefficient (Wildman–Crippen LogP) is 0.647. The molecule has 0 amide bonds. The summed E-state index contributed by atoms with van der Waals surface area (Å²) in [6.07, 6.45) is 1.14. The van der Waals surface area contributed by atoms with Crippen LogP contribution in [0.3, 0.4) is 0 Å². The van der Waals surface area contributed by atoms with Gasteiger partial charge in [-0.3, -0.25) is 0 Å². The molecule has 1 N–H and O–H groups in total. The first-order valence-corrected chi connectivity index (χ1v) is 4.06. The summed E-state index contributed by atoms with van der Waals surface area (Å²) in [6, 6.07) is 0.338. The fourth-order valence-corrected chi connectivity index (χ4v) is 0.917. The minimum Gasteiger partial charge on any atom is -0.383 e. The van der Waals surface area contributed by atoms with Gasteiger partial charge in [-0.25, -0.2) is 0 Å². The van der Waals surface area contributed by atoms with Crippen molar-refractivity contribution in [2.75, 3.05) is 34.0 Å². The van der Waals surface area contributed by atoms with E-state index in [-0.39, 0.29) is 0 Å². The van der Waals surface area contributed by atoms with Gasteiger partial charge in [0.05, 0.1) is 19.3 Å². The molecule has 0 bridgehead atoms. The van der Waals surface area contributed by atoms with Gasteiger partial charge in [-0.05, 0) is 13.0 Å². The van der Waals surface area contributed by atoms with Crippen molar-refractivity contribution in [2.45, 2.75) is 19.4 Å². The van der Waals surface area contributed by atoms with Crippen molar-refractivity contribution in [3.8, 4) is 0 Å². The van der Waals surface area contributed by atoms with Crippen molar-refractivity contribution >= 4 is 0 Å². The van der Waals surface area contributed by atoms with Crippen LogP contribution in [0.5, 0.6) is 0 Å². The molecule has 3 nitrogen and oxygen atoms in total. The summed E-state index contributed by atoms with van der Waals surface area (Å²) in [6.45, 7) is 4.60. The van der Waals surface area contributed by atoms with Gasteiger partial charge in [-0.2, -0.15) is 0 Å². The van der Waals surface area contributed by atoms with Gasteiger partial charge in [-0.1, -0.05) is 6.92 Å².